The number of rotatable bonds is 4. The molecule has 0 aliphatic rings. The van der Waals surface area contributed by atoms with Gasteiger partial charge in [0.25, 0.3) is 11.8 Å². The summed E-state index contributed by atoms with van der Waals surface area (Å²) in [6, 6.07) is 25.4. The van der Waals surface area contributed by atoms with Gasteiger partial charge in [-0.15, -0.1) is 0 Å². The number of aryl methyl sites for hydroxylation is 1. The molecule has 0 bridgehead atoms. The largest absolute Gasteiger partial charge is 0.459 e. The van der Waals surface area contributed by atoms with Gasteiger partial charge >= 0.3 is 0 Å². The summed E-state index contributed by atoms with van der Waals surface area (Å²) in [5, 5.41) is 5.67. The Morgan fingerprint density at radius 1 is 0.750 bits per heavy atom. The molecule has 0 spiro atoms. The number of benzene rings is 3. The van der Waals surface area contributed by atoms with Crippen molar-refractivity contribution in [3.05, 3.63) is 119 Å². The van der Waals surface area contributed by atoms with E-state index in [0.29, 0.717) is 16.9 Å². The maximum absolute atomic E-state index is 12.8. The van der Waals surface area contributed by atoms with Gasteiger partial charge in [0.15, 0.2) is 5.76 Å². The summed E-state index contributed by atoms with van der Waals surface area (Å²) in [5.41, 5.74) is 4.15. The van der Waals surface area contributed by atoms with Gasteiger partial charge in [-0.3, -0.25) is 9.59 Å². The zero-order valence-corrected chi connectivity index (χ0v) is 17.4. The van der Waals surface area contributed by atoms with Crippen LogP contribution in [0.4, 0.5) is 11.4 Å². The molecule has 4 rings (SSSR count). The first kappa shape index (κ1) is 20.7. The third-order valence-corrected chi connectivity index (χ3v) is 4.74. The second-order valence-corrected chi connectivity index (χ2v) is 7.11. The van der Waals surface area contributed by atoms with Gasteiger partial charge in [-0.25, -0.2) is 0 Å². The Morgan fingerprint density at radius 2 is 1.53 bits per heavy atom. The van der Waals surface area contributed by atoms with Gasteiger partial charge in [0.05, 0.1) is 6.26 Å². The molecule has 0 aliphatic heterocycles. The zero-order valence-electron chi connectivity index (χ0n) is 17.4. The van der Waals surface area contributed by atoms with Crippen LogP contribution in [0.25, 0.3) is 0 Å². The predicted molar refractivity (Wildman–Crippen MR) is 125 cm³/mol. The molecule has 5 nitrogen and oxygen atoms in total. The lowest BCUT2D eigenvalue weighted by molar-refractivity contribution is 0.0993. The zero-order chi connectivity index (χ0) is 22.3. The molecule has 2 amide bonds. The van der Waals surface area contributed by atoms with Crippen molar-refractivity contribution < 1.29 is 14.0 Å². The molecular weight excluding hydrogens is 400 g/mol. The van der Waals surface area contributed by atoms with Gasteiger partial charge in [0.1, 0.15) is 0 Å². The molecule has 32 heavy (non-hydrogen) atoms. The highest BCUT2D eigenvalue weighted by atomic mass is 16.3. The summed E-state index contributed by atoms with van der Waals surface area (Å²) in [4.78, 5) is 25.1. The average molecular weight is 420 g/mol. The third-order valence-electron chi connectivity index (χ3n) is 4.74. The SMILES string of the molecule is Cc1ccc(C(=O)Nc2cccc(C#Cc3ccccc3)c2)cc1NC(=O)c1ccco1. The Balaban J connectivity index is 1.48. The molecule has 0 atom stereocenters. The lowest BCUT2D eigenvalue weighted by Crippen LogP contribution is -2.15. The van der Waals surface area contributed by atoms with E-state index in [-0.39, 0.29) is 17.6 Å². The van der Waals surface area contributed by atoms with Gasteiger partial charge in [-0.2, -0.15) is 0 Å². The lowest BCUT2D eigenvalue weighted by atomic mass is 10.1. The summed E-state index contributed by atoms with van der Waals surface area (Å²) in [5.74, 6) is 5.76. The van der Waals surface area contributed by atoms with Crippen LogP contribution in [0.15, 0.2) is 95.6 Å². The molecular formula is C27H20N2O3. The normalized spacial score (nSPS) is 10.0. The highest BCUT2D eigenvalue weighted by Crippen LogP contribution is 2.20. The number of hydrogen-bond donors (Lipinski definition) is 2. The topological polar surface area (TPSA) is 71.3 Å². The number of hydrogen-bond acceptors (Lipinski definition) is 3. The number of nitrogens with one attached hydrogen (secondary N) is 2. The first-order valence-electron chi connectivity index (χ1n) is 10.0. The second kappa shape index (κ2) is 9.50. The molecule has 5 heteroatoms. The van der Waals surface area contributed by atoms with Gasteiger partial charge in [0, 0.05) is 28.1 Å². The Bertz CT molecular complexity index is 1310. The summed E-state index contributed by atoms with van der Waals surface area (Å²) in [6.45, 7) is 1.86. The Kier molecular flexibility index (Phi) is 6.15. The molecule has 3 aromatic carbocycles. The van der Waals surface area contributed by atoms with Crippen LogP contribution in [0, 0.1) is 18.8 Å². The van der Waals surface area contributed by atoms with Crippen molar-refractivity contribution in [1.29, 1.82) is 0 Å². The molecule has 156 valence electrons. The Morgan fingerprint density at radius 3 is 2.31 bits per heavy atom. The first-order valence-corrected chi connectivity index (χ1v) is 10.0. The van der Waals surface area contributed by atoms with E-state index in [2.05, 4.69) is 22.5 Å². The molecule has 1 aromatic heterocycles. The monoisotopic (exact) mass is 420 g/mol. The molecule has 1 heterocycles. The fourth-order valence-corrected chi connectivity index (χ4v) is 3.03. The minimum Gasteiger partial charge on any atom is -0.459 e. The molecule has 0 radical (unpaired) electrons. The van der Waals surface area contributed by atoms with Crippen LogP contribution in [0.5, 0.6) is 0 Å². The van der Waals surface area contributed by atoms with E-state index in [4.69, 9.17) is 4.42 Å². The molecule has 2 N–H and O–H groups in total. The van der Waals surface area contributed by atoms with Crippen molar-refractivity contribution in [2.75, 3.05) is 10.6 Å². The summed E-state index contributed by atoms with van der Waals surface area (Å²) >= 11 is 0. The van der Waals surface area contributed by atoms with E-state index in [9.17, 15) is 9.59 Å². The van der Waals surface area contributed by atoms with Crippen molar-refractivity contribution in [3.63, 3.8) is 0 Å². The fourth-order valence-electron chi connectivity index (χ4n) is 3.03. The summed E-state index contributed by atoms with van der Waals surface area (Å²) in [7, 11) is 0. The van der Waals surface area contributed by atoms with Crippen molar-refractivity contribution in [1.82, 2.24) is 0 Å². The lowest BCUT2D eigenvalue weighted by Gasteiger charge is -2.10. The van der Waals surface area contributed by atoms with Crippen LogP contribution in [0.1, 0.15) is 37.6 Å². The molecule has 0 saturated carbocycles. The maximum Gasteiger partial charge on any atom is 0.291 e. The molecule has 0 saturated heterocycles. The van der Waals surface area contributed by atoms with Crippen LogP contribution in [0.2, 0.25) is 0 Å². The minimum absolute atomic E-state index is 0.202. The van der Waals surface area contributed by atoms with E-state index in [1.165, 1.54) is 6.26 Å². The van der Waals surface area contributed by atoms with E-state index >= 15 is 0 Å². The molecule has 0 unspecified atom stereocenters. The minimum atomic E-state index is -0.375. The van der Waals surface area contributed by atoms with Crippen molar-refractivity contribution in [2.45, 2.75) is 6.92 Å². The van der Waals surface area contributed by atoms with Crippen LogP contribution in [-0.4, -0.2) is 11.8 Å². The first-order chi connectivity index (χ1) is 15.6. The fraction of sp³-hybridized carbons (Fsp3) is 0.0370. The van der Waals surface area contributed by atoms with Gasteiger partial charge in [0.2, 0.25) is 0 Å². The van der Waals surface area contributed by atoms with Crippen molar-refractivity contribution >= 4 is 23.2 Å². The van der Waals surface area contributed by atoms with Gasteiger partial charge in [-0.1, -0.05) is 42.2 Å². The Hall–Kier alpha value is -4.56. The van der Waals surface area contributed by atoms with Crippen LogP contribution in [-0.2, 0) is 0 Å². The highest BCUT2D eigenvalue weighted by Gasteiger charge is 2.13. The van der Waals surface area contributed by atoms with Gasteiger partial charge < -0.3 is 15.1 Å². The maximum atomic E-state index is 12.8. The number of amides is 2. The van der Waals surface area contributed by atoms with E-state index in [1.807, 2.05) is 55.5 Å². The smallest absolute Gasteiger partial charge is 0.291 e. The second-order valence-electron chi connectivity index (χ2n) is 7.11. The predicted octanol–water partition coefficient (Wildman–Crippen LogP) is 5.49. The third kappa shape index (κ3) is 5.13. The number of anilines is 2. The molecule has 4 aromatic rings. The molecule has 0 aliphatic carbocycles. The van der Waals surface area contributed by atoms with Crippen molar-refractivity contribution in [3.8, 4) is 11.8 Å². The quantitative estimate of drug-likeness (QED) is 0.429. The molecule has 0 fully saturated rings. The van der Waals surface area contributed by atoms with E-state index in [1.54, 1.807) is 36.4 Å². The van der Waals surface area contributed by atoms with Crippen LogP contribution < -0.4 is 10.6 Å². The Labute approximate surface area is 186 Å². The van der Waals surface area contributed by atoms with Crippen molar-refractivity contribution in [2.24, 2.45) is 0 Å². The standard InChI is InChI=1S/C27H20N2O3/c1-19-12-15-22(18-24(19)29-27(31)25-11-6-16-32-25)26(30)28-23-10-5-9-21(17-23)14-13-20-7-3-2-4-8-20/h2-12,15-18H,1H3,(H,28,30)(H,29,31). The highest BCUT2D eigenvalue weighted by molar-refractivity contribution is 6.07. The summed E-state index contributed by atoms with van der Waals surface area (Å²) in [6.07, 6.45) is 1.43. The number of furan rings is 1. The summed E-state index contributed by atoms with van der Waals surface area (Å²) < 4.78 is 5.12. The average Bonchev–Trinajstić information content (AvgIpc) is 3.35. The van der Waals surface area contributed by atoms with Crippen LogP contribution >= 0.6 is 0 Å². The number of carbonyl (C=O) groups is 2. The van der Waals surface area contributed by atoms with E-state index in [0.717, 1.165) is 16.7 Å². The van der Waals surface area contributed by atoms with Gasteiger partial charge in [-0.05, 0) is 67.1 Å². The van der Waals surface area contributed by atoms with E-state index < -0.39 is 0 Å². The van der Waals surface area contributed by atoms with Crippen LogP contribution in [0.3, 0.4) is 0 Å². The number of carbonyl (C=O) groups excluding carboxylic acids is 2.